The minimum atomic E-state index is -2.95. The molecule has 0 aromatic heterocycles. The molecule has 2 nitrogen and oxygen atoms in total. The molecule has 14 heavy (non-hydrogen) atoms. The largest absolute Gasteiger partial charge is 0.349 e. The number of halogens is 3. The predicted octanol–water partition coefficient (Wildman–Crippen LogP) is 2.02. The molecule has 0 aliphatic heterocycles. The Morgan fingerprint density at radius 3 is 2.79 bits per heavy atom. The van der Waals surface area contributed by atoms with Gasteiger partial charge in [0.25, 0.3) is 5.91 Å². The number of nitrogens with one attached hydrogen (secondary N) is 1. The van der Waals surface area contributed by atoms with Gasteiger partial charge in [0, 0.05) is 6.54 Å². The van der Waals surface area contributed by atoms with Crippen molar-refractivity contribution in [3.63, 3.8) is 0 Å². The van der Waals surface area contributed by atoms with Gasteiger partial charge in [0.2, 0.25) is 0 Å². The number of hydrogen-bond donors (Lipinski definition) is 1. The van der Waals surface area contributed by atoms with Crippen LogP contribution in [0.25, 0.3) is 0 Å². The van der Waals surface area contributed by atoms with Crippen LogP contribution in [0.3, 0.4) is 0 Å². The Balaban J connectivity index is 2.41. The first-order valence-corrected chi connectivity index (χ1v) is 4.92. The number of carbonyl (C=O) groups is 1. The number of hydrogen-bond acceptors (Lipinski definition) is 1. The van der Waals surface area contributed by atoms with Crippen molar-refractivity contribution in [2.75, 3.05) is 6.54 Å². The van der Waals surface area contributed by atoms with E-state index in [2.05, 4.69) is 21.2 Å². The van der Waals surface area contributed by atoms with Gasteiger partial charge in [0.15, 0.2) is 0 Å². The lowest BCUT2D eigenvalue weighted by Gasteiger charge is -2.24. The van der Waals surface area contributed by atoms with E-state index in [1.54, 1.807) is 0 Å². The summed E-state index contributed by atoms with van der Waals surface area (Å²) in [6.45, 7) is 0.164. The van der Waals surface area contributed by atoms with Crippen molar-refractivity contribution in [3.05, 3.63) is 24.3 Å². The van der Waals surface area contributed by atoms with Crippen LogP contribution in [0.2, 0.25) is 0 Å². The Hall–Kier alpha value is -0.710. The highest BCUT2D eigenvalue weighted by Gasteiger charge is 2.25. The minimum Gasteiger partial charge on any atom is -0.349 e. The van der Waals surface area contributed by atoms with Crippen molar-refractivity contribution in [3.8, 4) is 0 Å². The number of rotatable bonds is 3. The van der Waals surface area contributed by atoms with E-state index in [4.69, 9.17) is 0 Å². The quantitative estimate of drug-likeness (QED) is 0.778. The van der Waals surface area contributed by atoms with Crippen LogP contribution < -0.4 is 5.32 Å². The van der Waals surface area contributed by atoms with E-state index in [-0.39, 0.29) is 6.54 Å². The Labute approximate surface area is 89.2 Å². The van der Waals surface area contributed by atoms with Gasteiger partial charge >= 0.3 is 6.43 Å². The lowest BCUT2D eigenvalue weighted by molar-refractivity contribution is -0.131. The van der Waals surface area contributed by atoms with Crippen LogP contribution in [0.5, 0.6) is 0 Å². The highest BCUT2D eigenvalue weighted by atomic mass is 79.9. The molecule has 5 heteroatoms. The van der Waals surface area contributed by atoms with E-state index in [0.717, 1.165) is 0 Å². The van der Waals surface area contributed by atoms with Crippen LogP contribution in [0.15, 0.2) is 24.3 Å². The van der Waals surface area contributed by atoms with Crippen LogP contribution in [0, 0.1) is 0 Å². The molecule has 1 aliphatic carbocycles. The third-order valence-corrected chi connectivity index (χ3v) is 2.72. The molecule has 0 aromatic rings. The molecule has 0 spiro atoms. The molecule has 0 saturated carbocycles. The zero-order chi connectivity index (χ0) is 10.6. The Bertz CT molecular complexity index is 278. The van der Waals surface area contributed by atoms with E-state index in [9.17, 15) is 13.6 Å². The third kappa shape index (κ3) is 3.21. The fourth-order valence-corrected chi connectivity index (χ4v) is 1.56. The first kappa shape index (κ1) is 11.4. The maximum absolute atomic E-state index is 11.8. The standard InChI is InChI=1S/C9H10BrF2NO/c10-9(4-2-1-3-5-9)6-13-8(14)7(11)12/h1-4,7H,5-6H2,(H,13,14). The Kier molecular flexibility index (Phi) is 3.80. The monoisotopic (exact) mass is 265 g/mol. The number of allylic oxidation sites excluding steroid dienone is 3. The highest BCUT2D eigenvalue weighted by Crippen LogP contribution is 2.26. The van der Waals surface area contributed by atoms with Gasteiger partial charge in [-0.15, -0.1) is 0 Å². The zero-order valence-electron chi connectivity index (χ0n) is 7.34. The fraction of sp³-hybridized carbons (Fsp3) is 0.444. The van der Waals surface area contributed by atoms with Crippen LogP contribution in [0.4, 0.5) is 8.78 Å². The van der Waals surface area contributed by atoms with Crippen molar-refractivity contribution in [2.24, 2.45) is 0 Å². The molecular weight excluding hydrogens is 256 g/mol. The molecule has 0 saturated heterocycles. The molecule has 0 bridgehead atoms. The van der Waals surface area contributed by atoms with Gasteiger partial charge < -0.3 is 5.32 Å². The number of amides is 1. The molecule has 1 N–H and O–H groups in total. The van der Waals surface area contributed by atoms with Gasteiger partial charge in [0.1, 0.15) is 0 Å². The van der Waals surface area contributed by atoms with Gasteiger partial charge in [0.05, 0.1) is 4.32 Å². The number of carbonyl (C=O) groups excluding carboxylic acids is 1. The second-order valence-corrected chi connectivity index (χ2v) is 4.62. The molecule has 1 rings (SSSR count). The zero-order valence-corrected chi connectivity index (χ0v) is 8.93. The van der Waals surface area contributed by atoms with E-state index >= 15 is 0 Å². The number of alkyl halides is 3. The van der Waals surface area contributed by atoms with Crippen molar-refractivity contribution in [1.82, 2.24) is 5.32 Å². The van der Waals surface area contributed by atoms with Crippen molar-refractivity contribution in [1.29, 1.82) is 0 Å². The topological polar surface area (TPSA) is 29.1 Å². The van der Waals surface area contributed by atoms with E-state index in [1.165, 1.54) is 0 Å². The van der Waals surface area contributed by atoms with Gasteiger partial charge in [-0.2, -0.15) is 8.78 Å². The van der Waals surface area contributed by atoms with Crippen molar-refractivity contribution in [2.45, 2.75) is 17.2 Å². The maximum atomic E-state index is 11.8. The lowest BCUT2D eigenvalue weighted by Crippen LogP contribution is -2.40. The van der Waals surface area contributed by atoms with Crippen LogP contribution in [0.1, 0.15) is 6.42 Å². The molecule has 1 unspecified atom stereocenters. The second kappa shape index (κ2) is 4.68. The molecule has 0 heterocycles. The summed E-state index contributed by atoms with van der Waals surface area (Å²) in [6, 6.07) is 0. The fourth-order valence-electron chi connectivity index (χ4n) is 1.08. The van der Waals surface area contributed by atoms with E-state index < -0.39 is 16.7 Å². The summed E-state index contributed by atoms with van der Waals surface area (Å²) in [5.74, 6) is -1.23. The molecule has 78 valence electrons. The molecule has 0 radical (unpaired) electrons. The summed E-state index contributed by atoms with van der Waals surface area (Å²) >= 11 is 3.38. The summed E-state index contributed by atoms with van der Waals surface area (Å²) in [5.41, 5.74) is 0. The maximum Gasteiger partial charge on any atom is 0.315 e. The van der Waals surface area contributed by atoms with Crippen molar-refractivity contribution >= 4 is 21.8 Å². The normalized spacial score (nSPS) is 25.4. The third-order valence-electron chi connectivity index (χ3n) is 1.85. The summed E-state index contributed by atoms with van der Waals surface area (Å²) < 4.78 is 23.3. The molecular formula is C9H10BrF2NO. The minimum absolute atomic E-state index is 0.164. The molecule has 1 aliphatic rings. The van der Waals surface area contributed by atoms with Gasteiger partial charge in [-0.1, -0.05) is 40.2 Å². The Morgan fingerprint density at radius 1 is 1.57 bits per heavy atom. The highest BCUT2D eigenvalue weighted by molar-refractivity contribution is 9.10. The molecule has 0 aromatic carbocycles. The average Bonchev–Trinajstić information content (AvgIpc) is 2.15. The smallest absolute Gasteiger partial charge is 0.315 e. The lowest BCUT2D eigenvalue weighted by atomic mass is 10.0. The first-order chi connectivity index (χ1) is 6.53. The van der Waals surface area contributed by atoms with Crippen molar-refractivity contribution < 1.29 is 13.6 Å². The van der Waals surface area contributed by atoms with E-state index in [1.807, 2.05) is 24.3 Å². The first-order valence-electron chi connectivity index (χ1n) is 4.13. The average molecular weight is 266 g/mol. The van der Waals surface area contributed by atoms with Crippen LogP contribution in [-0.2, 0) is 4.79 Å². The predicted molar refractivity (Wildman–Crippen MR) is 53.6 cm³/mol. The second-order valence-electron chi connectivity index (χ2n) is 3.04. The van der Waals surface area contributed by atoms with Gasteiger partial charge in [-0.05, 0) is 6.42 Å². The molecule has 0 fully saturated rings. The van der Waals surface area contributed by atoms with Crippen LogP contribution in [-0.4, -0.2) is 23.2 Å². The Morgan fingerprint density at radius 2 is 2.29 bits per heavy atom. The molecule has 1 atom stereocenters. The van der Waals surface area contributed by atoms with E-state index in [0.29, 0.717) is 6.42 Å². The summed E-state index contributed by atoms with van der Waals surface area (Å²) in [5, 5.41) is 2.17. The van der Waals surface area contributed by atoms with Crippen LogP contribution >= 0.6 is 15.9 Å². The van der Waals surface area contributed by atoms with Gasteiger partial charge in [-0.3, -0.25) is 4.79 Å². The summed E-state index contributed by atoms with van der Waals surface area (Å²) in [7, 11) is 0. The SMILES string of the molecule is O=C(NCC1(Br)C=CC=CC1)C(F)F. The molecule has 1 amide bonds. The summed E-state index contributed by atoms with van der Waals surface area (Å²) in [6.07, 6.45) is 5.14. The summed E-state index contributed by atoms with van der Waals surface area (Å²) in [4.78, 5) is 10.6. The van der Waals surface area contributed by atoms with Gasteiger partial charge in [-0.25, -0.2) is 0 Å².